The molecule has 4 heteroatoms. The van der Waals surface area contributed by atoms with Crippen molar-refractivity contribution in [3.8, 4) is 0 Å². The second kappa shape index (κ2) is 6.51. The third-order valence-corrected chi connectivity index (χ3v) is 5.08. The number of hydrogen-bond acceptors (Lipinski definition) is 2. The highest BCUT2D eigenvalue weighted by Gasteiger charge is 2.23. The standard InChI is InChI=1S/C14H21O3P/c15-18(16,14-9-5-2-6-10-14)17-12-11-13-7-3-1-4-8-13/h2,5-6,9-10,13H,1,3-4,7-8,11-12H2,(H,15,16). The summed E-state index contributed by atoms with van der Waals surface area (Å²) < 4.78 is 17.2. The average molecular weight is 268 g/mol. The normalized spacial score (nSPS) is 20.5. The van der Waals surface area contributed by atoms with Gasteiger partial charge in [0.2, 0.25) is 0 Å². The van der Waals surface area contributed by atoms with E-state index >= 15 is 0 Å². The molecule has 0 bridgehead atoms. The van der Waals surface area contributed by atoms with Crippen molar-refractivity contribution in [3.05, 3.63) is 30.3 Å². The van der Waals surface area contributed by atoms with Crippen molar-refractivity contribution in [2.24, 2.45) is 5.92 Å². The summed E-state index contributed by atoms with van der Waals surface area (Å²) in [7, 11) is -3.61. The summed E-state index contributed by atoms with van der Waals surface area (Å²) in [6, 6.07) is 8.61. The lowest BCUT2D eigenvalue weighted by atomic mass is 9.87. The molecule has 0 spiro atoms. The SMILES string of the molecule is O=P(O)(OCCC1CCCCC1)c1ccccc1. The Morgan fingerprint density at radius 1 is 1.17 bits per heavy atom. The molecule has 0 radical (unpaired) electrons. The van der Waals surface area contributed by atoms with E-state index in [9.17, 15) is 9.46 Å². The maximum Gasteiger partial charge on any atom is 0.358 e. The second-order valence-corrected chi connectivity index (χ2v) is 6.80. The van der Waals surface area contributed by atoms with Crippen molar-refractivity contribution < 1.29 is 14.0 Å². The van der Waals surface area contributed by atoms with Gasteiger partial charge in [0.1, 0.15) is 0 Å². The van der Waals surface area contributed by atoms with Gasteiger partial charge in [-0.05, 0) is 24.5 Å². The molecule has 2 rings (SSSR count). The largest absolute Gasteiger partial charge is 0.358 e. The van der Waals surface area contributed by atoms with Gasteiger partial charge in [0.15, 0.2) is 0 Å². The van der Waals surface area contributed by atoms with Crippen LogP contribution in [0, 0.1) is 5.92 Å². The van der Waals surface area contributed by atoms with Crippen molar-refractivity contribution in [1.82, 2.24) is 0 Å². The Hall–Kier alpha value is -0.630. The molecule has 1 aromatic rings. The van der Waals surface area contributed by atoms with Gasteiger partial charge in [-0.15, -0.1) is 0 Å². The first kappa shape index (κ1) is 13.8. The van der Waals surface area contributed by atoms with Crippen molar-refractivity contribution >= 4 is 12.9 Å². The summed E-state index contributed by atoms with van der Waals surface area (Å²) in [5.41, 5.74) is 0. The van der Waals surface area contributed by atoms with E-state index in [2.05, 4.69) is 0 Å². The highest BCUT2D eigenvalue weighted by atomic mass is 31.2. The van der Waals surface area contributed by atoms with Crippen LogP contribution in [0.3, 0.4) is 0 Å². The third kappa shape index (κ3) is 3.94. The van der Waals surface area contributed by atoms with Crippen LogP contribution in [0.2, 0.25) is 0 Å². The van der Waals surface area contributed by atoms with Gasteiger partial charge in [0.05, 0.1) is 11.9 Å². The zero-order chi connectivity index (χ0) is 12.8. The summed E-state index contributed by atoms with van der Waals surface area (Å²) in [4.78, 5) is 9.85. The van der Waals surface area contributed by atoms with E-state index < -0.39 is 7.60 Å². The van der Waals surface area contributed by atoms with Crippen LogP contribution in [-0.4, -0.2) is 11.5 Å². The summed E-state index contributed by atoms with van der Waals surface area (Å²) >= 11 is 0. The number of benzene rings is 1. The first-order valence-electron chi connectivity index (χ1n) is 6.71. The maximum absolute atomic E-state index is 12.0. The van der Waals surface area contributed by atoms with Gasteiger partial charge >= 0.3 is 7.60 Å². The van der Waals surface area contributed by atoms with Gasteiger partial charge < -0.3 is 9.42 Å². The van der Waals surface area contributed by atoms with Crippen molar-refractivity contribution in [1.29, 1.82) is 0 Å². The molecule has 1 saturated carbocycles. The monoisotopic (exact) mass is 268 g/mol. The van der Waals surface area contributed by atoms with Gasteiger partial charge in [-0.2, -0.15) is 0 Å². The van der Waals surface area contributed by atoms with Gasteiger partial charge in [-0.3, -0.25) is 4.57 Å². The molecule has 0 aromatic heterocycles. The summed E-state index contributed by atoms with van der Waals surface area (Å²) in [5, 5.41) is 0.383. The average Bonchev–Trinajstić information content (AvgIpc) is 2.41. The van der Waals surface area contributed by atoms with E-state index in [1.807, 2.05) is 6.07 Å². The lowest BCUT2D eigenvalue weighted by Gasteiger charge is -2.21. The fraction of sp³-hybridized carbons (Fsp3) is 0.571. The van der Waals surface area contributed by atoms with E-state index in [-0.39, 0.29) is 0 Å². The lowest BCUT2D eigenvalue weighted by Crippen LogP contribution is -2.11. The van der Waals surface area contributed by atoms with Gasteiger partial charge in [0, 0.05) is 0 Å². The van der Waals surface area contributed by atoms with Crippen molar-refractivity contribution in [3.63, 3.8) is 0 Å². The van der Waals surface area contributed by atoms with Crippen LogP contribution in [0.4, 0.5) is 0 Å². The third-order valence-electron chi connectivity index (χ3n) is 3.60. The minimum Gasteiger partial charge on any atom is -0.321 e. The minimum absolute atomic E-state index is 0.382. The first-order chi connectivity index (χ1) is 8.68. The van der Waals surface area contributed by atoms with E-state index in [4.69, 9.17) is 4.52 Å². The van der Waals surface area contributed by atoms with E-state index in [1.54, 1.807) is 24.3 Å². The quantitative estimate of drug-likeness (QED) is 0.831. The molecule has 3 nitrogen and oxygen atoms in total. The fourth-order valence-electron chi connectivity index (χ4n) is 2.51. The van der Waals surface area contributed by atoms with Crippen LogP contribution in [0.15, 0.2) is 30.3 Å². The predicted octanol–water partition coefficient (Wildman–Crippen LogP) is 3.48. The van der Waals surface area contributed by atoms with E-state index in [1.165, 1.54) is 32.1 Å². The number of hydrogen-bond donors (Lipinski definition) is 1. The Morgan fingerprint density at radius 2 is 1.83 bits per heavy atom. The molecule has 0 heterocycles. The maximum atomic E-state index is 12.0. The van der Waals surface area contributed by atoms with Crippen molar-refractivity contribution in [2.45, 2.75) is 38.5 Å². The van der Waals surface area contributed by atoms with Crippen LogP contribution < -0.4 is 5.30 Å². The molecular weight excluding hydrogens is 247 g/mol. The Kier molecular flexibility index (Phi) is 4.99. The number of rotatable bonds is 5. The van der Waals surface area contributed by atoms with Crippen LogP contribution >= 0.6 is 7.60 Å². The zero-order valence-corrected chi connectivity index (χ0v) is 11.5. The fourth-order valence-corrected chi connectivity index (χ4v) is 3.56. The molecule has 1 aliphatic carbocycles. The van der Waals surface area contributed by atoms with Crippen LogP contribution in [-0.2, 0) is 9.09 Å². The van der Waals surface area contributed by atoms with Crippen LogP contribution in [0.5, 0.6) is 0 Å². The van der Waals surface area contributed by atoms with Crippen LogP contribution in [0.25, 0.3) is 0 Å². The second-order valence-electron chi connectivity index (χ2n) is 4.98. The smallest absolute Gasteiger partial charge is 0.321 e. The molecule has 1 N–H and O–H groups in total. The highest BCUT2D eigenvalue weighted by Crippen LogP contribution is 2.41. The summed E-state index contributed by atoms with van der Waals surface area (Å²) in [5.74, 6) is 0.675. The molecule has 0 amide bonds. The zero-order valence-electron chi connectivity index (χ0n) is 10.6. The molecule has 1 unspecified atom stereocenters. The molecule has 1 fully saturated rings. The highest BCUT2D eigenvalue weighted by molar-refractivity contribution is 7.61. The Bertz CT molecular complexity index is 399. The lowest BCUT2D eigenvalue weighted by molar-refractivity contribution is 0.225. The van der Waals surface area contributed by atoms with Gasteiger partial charge in [-0.1, -0.05) is 50.3 Å². The summed E-state index contributed by atoms with van der Waals surface area (Å²) in [6.45, 7) is 0.382. The predicted molar refractivity (Wildman–Crippen MR) is 73.0 cm³/mol. The molecular formula is C14H21O3P. The van der Waals surface area contributed by atoms with Crippen LogP contribution in [0.1, 0.15) is 38.5 Å². The first-order valence-corrected chi connectivity index (χ1v) is 8.29. The van der Waals surface area contributed by atoms with Gasteiger partial charge in [0.25, 0.3) is 0 Å². The molecule has 1 aromatic carbocycles. The molecule has 0 saturated heterocycles. The van der Waals surface area contributed by atoms with E-state index in [0.717, 1.165) is 6.42 Å². The molecule has 0 aliphatic heterocycles. The Labute approximate surface area is 109 Å². The molecule has 18 heavy (non-hydrogen) atoms. The van der Waals surface area contributed by atoms with Gasteiger partial charge in [-0.25, -0.2) is 0 Å². The Morgan fingerprint density at radius 3 is 2.50 bits per heavy atom. The Balaban J connectivity index is 1.80. The minimum atomic E-state index is -3.61. The topological polar surface area (TPSA) is 46.5 Å². The molecule has 100 valence electrons. The van der Waals surface area contributed by atoms with E-state index in [0.29, 0.717) is 17.8 Å². The molecule has 1 atom stereocenters. The van der Waals surface area contributed by atoms with Crippen molar-refractivity contribution in [2.75, 3.05) is 6.61 Å². The summed E-state index contributed by atoms with van der Waals surface area (Å²) in [6.07, 6.45) is 7.30. The molecule has 1 aliphatic rings.